The fourth-order valence-electron chi connectivity index (χ4n) is 2.58. The average Bonchev–Trinajstić information content (AvgIpc) is 2.97. The van der Waals surface area contributed by atoms with Crippen LogP contribution in [0.4, 0.5) is 0 Å². The Kier molecular flexibility index (Phi) is 2.70. The number of aryl methyl sites for hydroxylation is 1. The van der Waals surface area contributed by atoms with Gasteiger partial charge in [-0.2, -0.15) is 0 Å². The molecule has 1 atom stereocenters. The number of nitrogens with zero attached hydrogens (tertiary/aromatic N) is 1. The predicted molar refractivity (Wildman–Crippen MR) is 71.8 cm³/mol. The molecule has 0 saturated heterocycles. The zero-order valence-corrected chi connectivity index (χ0v) is 10.2. The van der Waals surface area contributed by atoms with Crippen LogP contribution < -0.4 is 0 Å². The van der Waals surface area contributed by atoms with E-state index in [1.54, 1.807) is 0 Å². The van der Waals surface area contributed by atoms with Crippen LogP contribution in [-0.2, 0) is 7.05 Å². The molecule has 0 N–H and O–H groups in total. The molecule has 0 bridgehead atoms. The highest BCUT2D eigenvalue weighted by Gasteiger charge is 2.26. The molecule has 1 aromatic heterocycles. The van der Waals surface area contributed by atoms with Gasteiger partial charge in [-0.15, -0.1) is 0 Å². The summed E-state index contributed by atoms with van der Waals surface area (Å²) in [5.41, 5.74) is 2.72. The highest BCUT2D eigenvalue weighted by Crippen LogP contribution is 2.39. The van der Waals surface area contributed by atoms with Crippen LogP contribution in [0.2, 0.25) is 0 Å². The van der Waals surface area contributed by atoms with Crippen molar-refractivity contribution in [1.82, 2.24) is 4.57 Å². The zero-order chi connectivity index (χ0) is 11.8. The Labute approximate surface area is 103 Å². The van der Waals surface area contributed by atoms with E-state index in [0.29, 0.717) is 5.92 Å². The largest absolute Gasteiger partial charge is 0.350 e. The third-order valence-electron chi connectivity index (χ3n) is 3.58. The topological polar surface area (TPSA) is 4.93 Å². The number of hydrogen-bond donors (Lipinski definition) is 0. The highest BCUT2D eigenvalue weighted by atomic mass is 14.9. The van der Waals surface area contributed by atoms with Crippen LogP contribution in [0, 0.1) is 31.6 Å². The van der Waals surface area contributed by atoms with Gasteiger partial charge in [-0.25, -0.2) is 0 Å². The minimum Gasteiger partial charge on any atom is -0.350 e. The third-order valence-corrected chi connectivity index (χ3v) is 3.58. The fourth-order valence-corrected chi connectivity index (χ4v) is 2.58. The van der Waals surface area contributed by atoms with E-state index in [-0.39, 0.29) is 0 Å². The van der Waals surface area contributed by atoms with E-state index >= 15 is 0 Å². The molecule has 1 aliphatic carbocycles. The number of benzene rings is 1. The normalized spacial score (nSPS) is 18.9. The maximum Gasteiger partial charge on any atom is 0.0480 e. The Hall–Kier alpha value is -1.24. The number of rotatable bonds is 2. The molecule has 1 fully saturated rings. The summed E-state index contributed by atoms with van der Waals surface area (Å²) < 4.78 is 2.21. The molecule has 0 unspecified atom stereocenters. The molecule has 1 aliphatic rings. The molecule has 1 nitrogen and oxygen atoms in total. The minimum atomic E-state index is 0.455. The highest BCUT2D eigenvalue weighted by molar-refractivity contribution is 5.85. The van der Waals surface area contributed by atoms with Crippen molar-refractivity contribution in [3.8, 4) is 0 Å². The van der Waals surface area contributed by atoms with Gasteiger partial charge in [0.15, 0.2) is 0 Å². The molecule has 85 valence electrons. The van der Waals surface area contributed by atoms with Crippen LogP contribution in [0.5, 0.6) is 0 Å². The number of hydrogen-bond acceptors (Lipinski definition) is 0. The van der Waals surface area contributed by atoms with Gasteiger partial charge in [0.25, 0.3) is 0 Å². The van der Waals surface area contributed by atoms with Gasteiger partial charge in [0.1, 0.15) is 0 Å². The Morgan fingerprint density at radius 1 is 1.06 bits per heavy atom. The molecule has 0 spiro atoms. The van der Waals surface area contributed by atoms with Gasteiger partial charge < -0.3 is 4.57 Å². The summed E-state index contributed by atoms with van der Waals surface area (Å²) in [7, 11) is 2.11. The smallest absolute Gasteiger partial charge is 0.0480 e. The zero-order valence-electron chi connectivity index (χ0n) is 10.2. The van der Waals surface area contributed by atoms with Crippen LogP contribution in [0.1, 0.15) is 18.4 Å². The molecule has 1 saturated carbocycles. The lowest BCUT2D eigenvalue weighted by atomic mass is 9.86. The second-order valence-electron chi connectivity index (χ2n) is 4.65. The SMILES string of the molecule is C[C@@H]([C]1[CH][CH][CH][CH]1)c1cn(C)c2ccccc12. The van der Waals surface area contributed by atoms with Gasteiger partial charge in [-0.05, 0) is 49.1 Å². The van der Waals surface area contributed by atoms with E-state index in [4.69, 9.17) is 0 Å². The van der Waals surface area contributed by atoms with E-state index in [9.17, 15) is 0 Å². The number of aromatic nitrogens is 1. The first kappa shape index (κ1) is 10.9. The summed E-state index contributed by atoms with van der Waals surface area (Å²) >= 11 is 0. The molecular formula is C16H16N. The van der Waals surface area contributed by atoms with Gasteiger partial charge in [-0.3, -0.25) is 0 Å². The minimum absolute atomic E-state index is 0.455. The van der Waals surface area contributed by atoms with Crippen molar-refractivity contribution >= 4 is 10.9 Å². The predicted octanol–water partition coefficient (Wildman–Crippen LogP) is 3.69. The Balaban J connectivity index is 2.04. The molecule has 3 rings (SSSR count). The summed E-state index contributed by atoms with van der Waals surface area (Å²) in [6.45, 7) is 2.27. The van der Waals surface area contributed by atoms with Crippen LogP contribution in [0.15, 0.2) is 30.5 Å². The third kappa shape index (κ3) is 1.78. The van der Waals surface area contributed by atoms with Gasteiger partial charge in [0.2, 0.25) is 0 Å². The standard InChI is InChI=1S/C16H16N/c1-12(13-7-3-4-8-13)15-11-17(2)16-10-6-5-9-14(15)16/h3-12H,1-2H3/t12-/m0/s1. The van der Waals surface area contributed by atoms with E-state index in [0.717, 1.165) is 0 Å². The first-order valence-corrected chi connectivity index (χ1v) is 6.03. The maximum absolute atomic E-state index is 2.27. The van der Waals surface area contributed by atoms with Crippen molar-refractivity contribution in [3.05, 3.63) is 67.6 Å². The van der Waals surface area contributed by atoms with E-state index < -0.39 is 0 Å². The van der Waals surface area contributed by atoms with Gasteiger partial charge in [0.05, 0.1) is 0 Å². The monoisotopic (exact) mass is 222 g/mol. The lowest BCUT2D eigenvalue weighted by Gasteiger charge is -2.17. The van der Waals surface area contributed by atoms with Crippen molar-refractivity contribution in [2.24, 2.45) is 7.05 Å². The second-order valence-corrected chi connectivity index (χ2v) is 4.65. The van der Waals surface area contributed by atoms with Gasteiger partial charge >= 0.3 is 0 Å². The average molecular weight is 222 g/mol. The molecule has 1 heteroatoms. The van der Waals surface area contributed by atoms with Crippen LogP contribution in [-0.4, -0.2) is 4.57 Å². The Morgan fingerprint density at radius 2 is 1.76 bits per heavy atom. The van der Waals surface area contributed by atoms with E-state index in [2.05, 4.69) is 74.7 Å². The maximum atomic E-state index is 2.27. The fraction of sp³-hybridized carbons (Fsp3) is 0.188. The van der Waals surface area contributed by atoms with Crippen molar-refractivity contribution in [2.45, 2.75) is 12.8 Å². The van der Waals surface area contributed by atoms with E-state index in [1.807, 2.05) is 0 Å². The van der Waals surface area contributed by atoms with Crippen molar-refractivity contribution in [2.75, 3.05) is 0 Å². The Morgan fingerprint density at radius 3 is 2.53 bits per heavy atom. The first-order chi connectivity index (χ1) is 8.27. The summed E-state index contributed by atoms with van der Waals surface area (Å²) in [6, 6.07) is 8.60. The van der Waals surface area contributed by atoms with Crippen LogP contribution >= 0.6 is 0 Å². The molecular weight excluding hydrogens is 206 g/mol. The molecule has 1 aromatic carbocycles. The van der Waals surface area contributed by atoms with Gasteiger partial charge in [-0.1, -0.05) is 25.1 Å². The van der Waals surface area contributed by atoms with Crippen LogP contribution in [0.25, 0.3) is 10.9 Å². The molecule has 17 heavy (non-hydrogen) atoms. The Bertz CT molecular complexity index is 517. The van der Waals surface area contributed by atoms with Crippen molar-refractivity contribution in [3.63, 3.8) is 0 Å². The molecule has 1 heterocycles. The quantitative estimate of drug-likeness (QED) is 0.730. The van der Waals surface area contributed by atoms with Crippen molar-refractivity contribution in [1.29, 1.82) is 0 Å². The van der Waals surface area contributed by atoms with Crippen molar-refractivity contribution < 1.29 is 0 Å². The van der Waals surface area contributed by atoms with Gasteiger partial charge in [0, 0.05) is 24.1 Å². The summed E-state index contributed by atoms with van der Waals surface area (Å²) in [4.78, 5) is 0. The lowest BCUT2D eigenvalue weighted by molar-refractivity contribution is 0.823. The molecule has 2 aromatic rings. The second kappa shape index (κ2) is 4.21. The summed E-state index contributed by atoms with van der Waals surface area (Å²) in [6.07, 6.45) is 10.9. The lowest BCUT2D eigenvalue weighted by Crippen LogP contribution is -2.04. The molecule has 0 amide bonds. The van der Waals surface area contributed by atoms with Crippen LogP contribution in [0.3, 0.4) is 0 Å². The van der Waals surface area contributed by atoms with E-state index in [1.165, 1.54) is 22.4 Å². The molecule has 5 radical (unpaired) electrons. The first-order valence-electron chi connectivity index (χ1n) is 6.03. The summed E-state index contributed by atoms with van der Waals surface area (Å²) in [5, 5.41) is 1.36. The number of para-hydroxylation sites is 1. The molecule has 0 aliphatic heterocycles. The number of fused-ring (bicyclic) bond motifs is 1. The summed E-state index contributed by atoms with van der Waals surface area (Å²) in [5.74, 6) is 1.84.